The molecule has 0 bridgehead atoms. The molecule has 1 aromatic carbocycles. The van der Waals surface area contributed by atoms with E-state index in [2.05, 4.69) is 50.4 Å². The van der Waals surface area contributed by atoms with Gasteiger partial charge in [-0.05, 0) is 30.4 Å². The van der Waals surface area contributed by atoms with Crippen LogP contribution in [0.1, 0.15) is 44.2 Å². The Morgan fingerprint density at radius 3 is 2.65 bits per heavy atom. The second-order valence-corrected chi connectivity index (χ2v) is 6.04. The van der Waals surface area contributed by atoms with E-state index in [4.69, 9.17) is 0 Å². The van der Waals surface area contributed by atoms with Gasteiger partial charge < -0.3 is 10.2 Å². The van der Waals surface area contributed by atoms with Gasteiger partial charge in [-0.25, -0.2) is 0 Å². The molecule has 20 heavy (non-hydrogen) atoms. The molecule has 1 aliphatic heterocycles. The van der Waals surface area contributed by atoms with Crippen LogP contribution in [-0.2, 0) is 11.2 Å². The molecule has 1 atom stereocenters. The molecular formula is C17H26N2O. The molecule has 0 aliphatic carbocycles. The maximum Gasteiger partial charge on any atom is 0.223 e. The highest BCUT2D eigenvalue weighted by Crippen LogP contribution is 2.16. The average Bonchev–Trinajstić information content (AvgIpc) is 2.45. The second-order valence-electron chi connectivity index (χ2n) is 6.04. The maximum atomic E-state index is 12.3. The fourth-order valence-corrected chi connectivity index (χ4v) is 2.68. The minimum absolute atomic E-state index is 0.284. The van der Waals surface area contributed by atoms with Gasteiger partial charge in [0.05, 0.1) is 0 Å². The van der Waals surface area contributed by atoms with Gasteiger partial charge in [-0.1, -0.05) is 38.1 Å². The van der Waals surface area contributed by atoms with Crippen LogP contribution in [0.4, 0.5) is 0 Å². The lowest BCUT2D eigenvalue weighted by atomic mass is 10.00. The minimum Gasteiger partial charge on any atom is -0.337 e. The van der Waals surface area contributed by atoms with Crippen LogP contribution in [0.2, 0.25) is 0 Å². The Bertz CT molecular complexity index is 439. The fourth-order valence-electron chi connectivity index (χ4n) is 2.68. The first kappa shape index (κ1) is 15.0. The molecule has 1 aromatic rings. The largest absolute Gasteiger partial charge is 0.337 e. The summed E-state index contributed by atoms with van der Waals surface area (Å²) < 4.78 is 0. The number of nitrogens with one attached hydrogen (secondary N) is 1. The summed E-state index contributed by atoms with van der Waals surface area (Å²) in [6.07, 6.45) is 1.46. The topological polar surface area (TPSA) is 32.3 Å². The molecule has 0 saturated carbocycles. The third-order valence-electron chi connectivity index (χ3n) is 4.10. The van der Waals surface area contributed by atoms with Gasteiger partial charge in [0.2, 0.25) is 5.91 Å². The standard InChI is InChI=1S/C17H26N2O/c1-13(2)16-7-4-15(5-8-16)6-9-17(20)19-11-10-18-12-14(19)3/h4-5,7-8,13-14,18H,6,9-12H2,1-3H3/t14-/m0/s1. The molecule has 0 aromatic heterocycles. The van der Waals surface area contributed by atoms with Gasteiger partial charge in [-0.3, -0.25) is 4.79 Å². The molecular weight excluding hydrogens is 248 g/mol. The summed E-state index contributed by atoms with van der Waals surface area (Å²) in [5.41, 5.74) is 2.61. The van der Waals surface area contributed by atoms with Crippen LogP contribution >= 0.6 is 0 Å². The van der Waals surface area contributed by atoms with Gasteiger partial charge in [-0.2, -0.15) is 0 Å². The number of carbonyl (C=O) groups excluding carboxylic acids is 1. The lowest BCUT2D eigenvalue weighted by Gasteiger charge is -2.34. The summed E-state index contributed by atoms with van der Waals surface area (Å²) in [6.45, 7) is 9.18. The maximum absolute atomic E-state index is 12.3. The van der Waals surface area contributed by atoms with E-state index in [9.17, 15) is 4.79 Å². The van der Waals surface area contributed by atoms with Crippen LogP contribution in [0, 0.1) is 0 Å². The number of piperazine rings is 1. The number of amides is 1. The molecule has 2 rings (SSSR count). The molecule has 1 aliphatic rings. The van der Waals surface area contributed by atoms with Crippen LogP contribution in [0.15, 0.2) is 24.3 Å². The Kier molecular flexibility index (Phi) is 5.18. The summed E-state index contributed by atoms with van der Waals surface area (Å²) in [4.78, 5) is 14.3. The predicted octanol–water partition coefficient (Wildman–Crippen LogP) is 2.56. The molecule has 3 nitrogen and oxygen atoms in total. The van der Waals surface area contributed by atoms with E-state index >= 15 is 0 Å². The van der Waals surface area contributed by atoms with E-state index in [0.717, 1.165) is 26.1 Å². The van der Waals surface area contributed by atoms with Crippen molar-refractivity contribution in [3.63, 3.8) is 0 Å². The van der Waals surface area contributed by atoms with Crippen molar-refractivity contribution in [3.8, 4) is 0 Å². The predicted molar refractivity (Wildman–Crippen MR) is 82.9 cm³/mol. The quantitative estimate of drug-likeness (QED) is 0.915. The molecule has 110 valence electrons. The summed E-state index contributed by atoms with van der Waals surface area (Å²) in [5, 5.41) is 3.32. The van der Waals surface area contributed by atoms with Gasteiger partial charge in [0, 0.05) is 32.1 Å². The van der Waals surface area contributed by atoms with Crippen LogP contribution in [0.5, 0.6) is 0 Å². The molecule has 3 heteroatoms. The number of nitrogens with zero attached hydrogens (tertiary/aromatic N) is 1. The molecule has 0 unspecified atom stereocenters. The average molecular weight is 274 g/mol. The van der Waals surface area contributed by atoms with E-state index in [-0.39, 0.29) is 5.91 Å². The normalized spacial score (nSPS) is 19.4. The highest BCUT2D eigenvalue weighted by molar-refractivity contribution is 5.77. The van der Waals surface area contributed by atoms with E-state index in [0.29, 0.717) is 18.4 Å². The Balaban J connectivity index is 1.86. The van der Waals surface area contributed by atoms with Crippen LogP contribution in [0.25, 0.3) is 0 Å². The SMILES string of the molecule is CC(C)c1ccc(CCC(=O)N2CCNC[C@@H]2C)cc1. The summed E-state index contributed by atoms with van der Waals surface area (Å²) in [7, 11) is 0. The van der Waals surface area contributed by atoms with Crippen molar-refractivity contribution in [2.45, 2.75) is 45.6 Å². The lowest BCUT2D eigenvalue weighted by molar-refractivity contribution is -0.133. The van der Waals surface area contributed by atoms with E-state index in [1.807, 2.05) is 4.90 Å². The molecule has 1 saturated heterocycles. The Morgan fingerprint density at radius 1 is 1.35 bits per heavy atom. The Hall–Kier alpha value is -1.35. The van der Waals surface area contributed by atoms with Gasteiger partial charge in [-0.15, -0.1) is 0 Å². The van der Waals surface area contributed by atoms with Crippen LogP contribution < -0.4 is 5.32 Å². The number of carbonyl (C=O) groups is 1. The monoisotopic (exact) mass is 274 g/mol. The van der Waals surface area contributed by atoms with Crippen molar-refractivity contribution in [3.05, 3.63) is 35.4 Å². The molecule has 1 amide bonds. The minimum atomic E-state index is 0.284. The molecule has 0 radical (unpaired) electrons. The van der Waals surface area contributed by atoms with Crippen molar-refractivity contribution in [1.29, 1.82) is 0 Å². The number of hydrogen-bond donors (Lipinski definition) is 1. The zero-order valence-corrected chi connectivity index (χ0v) is 12.9. The van der Waals surface area contributed by atoms with Crippen molar-refractivity contribution < 1.29 is 4.79 Å². The number of hydrogen-bond acceptors (Lipinski definition) is 2. The van der Waals surface area contributed by atoms with Crippen molar-refractivity contribution in [2.24, 2.45) is 0 Å². The first-order valence-corrected chi connectivity index (χ1v) is 7.67. The lowest BCUT2D eigenvalue weighted by Crippen LogP contribution is -2.52. The molecule has 1 fully saturated rings. The Morgan fingerprint density at radius 2 is 2.05 bits per heavy atom. The van der Waals surface area contributed by atoms with Gasteiger partial charge in [0.1, 0.15) is 0 Å². The highest BCUT2D eigenvalue weighted by Gasteiger charge is 2.22. The fraction of sp³-hybridized carbons (Fsp3) is 0.588. The van der Waals surface area contributed by atoms with E-state index in [1.165, 1.54) is 11.1 Å². The molecule has 1 N–H and O–H groups in total. The van der Waals surface area contributed by atoms with Gasteiger partial charge in [0.15, 0.2) is 0 Å². The zero-order valence-electron chi connectivity index (χ0n) is 12.9. The smallest absolute Gasteiger partial charge is 0.223 e. The van der Waals surface area contributed by atoms with Crippen molar-refractivity contribution in [1.82, 2.24) is 10.2 Å². The van der Waals surface area contributed by atoms with E-state index in [1.54, 1.807) is 0 Å². The number of benzene rings is 1. The number of rotatable bonds is 4. The summed E-state index contributed by atoms with van der Waals surface area (Å²) in [5.74, 6) is 0.847. The van der Waals surface area contributed by atoms with Crippen molar-refractivity contribution >= 4 is 5.91 Å². The zero-order chi connectivity index (χ0) is 14.5. The first-order chi connectivity index (χ1) is 9.58. The Labute approximate surface area is 122 Å². The van der Waals surface area contributed by atoms with Crippen LogP contribution in [-0.4, -0.2) is 36.5 Å². The third kappa shape index (κ3) is 3.83. The third-order valence-corrected chi connectivity index (χ3v) is 4.10. The van der Waals surface area contributed by atoms with Gasteiger partial charge >= 0.3 is 0 Å². The highest BCUT2D eigenvalue weighted by atomic mass is 16.2. The number of aryl methyl sites for hydroxylation is 1. The first-order valence-electron chi connectivity index (χ1n) is 7.67. The molecule has 0 spiro atoms. The summed E-state index contributed by atoms with van der Waals surface area (Å²) in [6, 6.07) is 8.99. The van der Waals surface area contributed by atoms with Crippen molar-refractivity contribution in [2.75, 3.05) is 19.6 Å². The van der Waals surface area contributed by atoms with E-state index < -0.39 is 0 Å². The second kappa shape index (κ2) is 6.89. The summed E-state index contributed by atoms with van der Waals surface area (Å²) >= 11 is 0. The van der Waals surface area contributed by atoms with Crippen LogP contribution in [0.3, 0.4) is 0 Å². The molecule has 1 heterocycles. The van der Waals surface area contributed by atoms with Gasteiger partial charge in [0.25, 0.3) is 0 Å².